The SMILES string of the molecule is CC1=C(C(=O)N(C)C)C(c2ccc(Cl)c([N+](=O)[O-])c2)NC(=S)N1c1ccc2c(c1)OCCO2. The van der Waals surface area contributed by atoms with Gasteiger partial charge in [0.15, 0.2) is 16.6 Å². The number of halogens is 1. The number of carbonyl (C=O) groups is 1. The highest BCUT2D eigenvalue weighted by Gasteiger charge is 2.36. The molecule has 2 aliphatic rings. The number of nitro benzene ring substituents is 1. The van der Waals surface area contributed by atoms with Crippen LogP contribution in [-0.2, 0) is 4.79 Å². The first-order chi connectivity index (χ1) is 15.7. The van der Waals surface area contributed by atoms with E-state index >= 15 is 0 Å². The Hall–Kier alpha value is -3.37. The summed E-state index contributed by atoms with van der Waals surface area (Å²) in [6, 6.07) is 9.18. The fourth-order valence-corrected chi connectivity index (χ4v) is 4.39. The summed E-state index contributed by atoms with van der Waals surface area (Å²) in [4.78, 5) is 27.3. The van der Waals surface area contributed by atoms with Crippen LogP contribution < -0.4 is 19.7 Å². The highest BCUT2D eigenvalue weighted by Crippen LogP contribution is 2.40. The fraction of sp³-hybridized carbons (Fsp3) is 0.273. The summed E-state index contributed by atoms with van der Waals surface area (Å²) in [5, 5.41) is 14.9. The van der Waals surface area contributed by atoms with Crippen molar-refractivity contribution >= 4 is 46.2 Å². The van der Waals surface area contributed by atoms with Gasteiger partial charge in [-0.25, -0.2) is 0 Å². The first kappa shape index (κ1) is 22.8. The maximum atomic E-state index is 13.2. The monoisotopic (exact) mass is 488 g/mol. The summed E-state index contributed by atoms with van der Waals surface area (Å²) >= 11 is 11.6. The number of fused-ring (bicyclic) bond motifs is 1. The molecule has 0 fully saturated rings. The number of thiocarbonyl (C=S) groups is 1. The van der Waals surface area contributed by atoms with Crippen molar-refractivity contribution in [1.29, 1.82) is 0 Å². The summed E-state index contributed by atoms with van der Waals surface area (Å²) in [7, 11) is 3.29. The van der Waals surface area contributed by atoms with Crippen molar-refractivity contribution in [3.8, 4) is 11.5 Å². The van der Waals surface area contributed by atoms with E-state index in [1.54, 1.807) is 44.1 Å². The van der Waals surface area contributed by atoms with Crippen molar-refractivity contribution in [3.63, 3.8) is 0 Å². The fourth-order valence-electron chi connectivity index (χ4n) is 3.84. The van der Waals surface area contributed by atoms with Crippen LogP contribution in [0.25, 0.3) is 0 Å². The summed E-state index contributed by atoms with van der Waals surface area (Å²) in [6.45, 7) is 2.71. The third-order valence-corrected chi connectivity index (χ3v) is 6.03. The van der Waals surface area contributed by atoms with Gasteiger partial charge in [-0.2, -0.15) is 0 Å². The van der Waals surface area contributed by atoms with Gasteiger partial charge in [0, 0.05) is 31.9 Å². The molecule has 1 amide bonds. The number of allylic oxidation sites excluding steroid dienone is 1. The van der Waals surface area contributed by atoms with Crippen LogP contribution in [0.5, 0.6) is 11.5 Å². The number of amides is 1. The first-order valence-electron chi connectivity index (χ1n) is 10.1. The van der Waals surface area contributed by atoms with Crippen molar-refractivity contribution in [1.82, 2.24) is 10.2 Å². The van der Waals surface area contributed by atoms with E-state index in [2.05, 4.69) is 5.32 Å². The molecule has 1 N–H and O–H groups in total. The summed E-state index contributed by atoms with van der Waals surface area (Å²) < 4.78 is 11.3. The zero-order valence-corrected chi connectivity index (χ0v) is 19.7. The van der Waals surface area contributed by atoms with Crippen LogP contribution in [0.1, 0.15) is 18.5 Å². The van der Waals surface area contributed by atoms with Crippen molar-refractivity contribution in [2.24, 2.45) is 0 Å². The van der Waals surface area contributed by atoms with Gasteiger partial charge in [0.25, 0.3) is 11.6 Å². The second-order valence-electron chi connectivity index (χ2n) is 7.71. The summed E-state index contributed by atoms with van der Waals surface area (Å²) in [5.41, 5.74) is 1.95. The zero-order valence-electron chi connectivity index (χ0n) is 18.1. The lowest BCUT2D eigenvalue weighted by Gasteiger charge is -2.38. The number of likely N-dealkylation sites (N-methyl/N-ethyl adjacent to an activating group) is 1. The minimum absolute atomic E-state index is 0.0150. The molecule has 1 atom stereocenters. The molecule has 0 saturated heterocycles. The molecule has 2 aliphatic heterocycles. The average Bonchev–Trinajstić information content (AvgIpc) is 2.78. The number of ether oxygens (including phenoxy) is 2. The molecule has 0 aliphatic carbocycles. The van der Waals surface area contributed by atoms with Gasteiger partial charge in [0.1, 0.15) is 18.2 Å². The Bertz CT molecular complexity index is 1200. The van der Waals surface area contributed by atoms with Gasteiger partial charge in [-0.15, -0.1) is 0 Å². The van der Waals surface area contributed by atoms with Crippen molar-refractivity contribution in [3.05, 3.63) is 68.4 Å². The molecule has 9 nitrogen and oxygen atoms in total. The van der Waals surface area contributed by atoms with Gasteiger partial charge in [0.2, 0.25) is 0 Å². The molecule has 2 aromatic carbocycles. The molecular formula is C22H21ClN4O5S. The average molecular weight is 489 g/mol. The third kappa shape index (κ3) is 4.19. The maximum absolute atomic E-state index is 13.2. The number of nitro groups is 1. The molecule has 0 aromatic heterocycles. The lowest BCUT2D eigenvalue weighted by atomic mass is 9.93. The third-order valence-electron chi connectivity index (χ3n) is 5.41. The van der Waals surface area contributed by atoms with Crippen LogP contribution in [0.2, 0.25) is 5.02 Å². The number of nitrogens with one attached hydrogen (secondary N) is 1. The highest BCUT2D eigenvalue weighted by atomic mass is 35.5. The topological polar surface area (TPSA) is 97.2 Å². The largest absolute Gasteiger partial charge is 0.486 e. The van der Waals surface area contributed by atoms with Crippen molar-refractivity contribution < 1.29 is 19.2 Å². The van der Waals surface area contributed by atoms with E-state index in [1.165, 1.54) is 17.0 Å². The number of rotatable bonds is 4. The van der Waals surface area contributed by atoms with Gasteiger partial charge in [0.05, 0.1) is 22.2 Å². The Kier molecular flexibility index (Phi) is 6.13. The molecule has 2 aromatic rings. The molecular weight excluding hydrogens is 468 g/mol. The van der Waals surface area contributed by atoms with E-state index in [-0.39, 0.29) is 16.6 Å². The summed E-state index contributed by atoms with van der Waals surface area (Å²) in [5.74, 6) is 0.969. The molecule has 0 saturated carbocycles. The van der Waals surface area contributed by atoms with Gasteiger partial charge >= 0.3 is 0 Å². The molecule has 4 rings (SSSR count). The van der Waals surface area contributed by atoms with Crippen LogP contribution >= 0.6 is 23.8 Å². The molecule has 0 spiro atoms. The molecule has 2 heterocycles. The Labute approximate surface area is 200 Å². The van der Waals surface area contributed by atoms with Gasteiger partial charge in [-0.1, -0.05) is 17.7 Å². The molecule has 33 heavy (non-hydrogen) atoms. The normalized spacial score (nSPS) is 17.5. The number of anilines is 1. The lowest BCUT2D eigenvalue weighted by molar-refractivity contribution is -0.384. The van der Waals surface area contributed by atoms with Gasteiger partial charge < -0.3 is 19.7 Å². The number of carbonyl (C=O) groups excluding carboxylic acids is 1. The smallest absolute Gasteiger partial charge is 0.288 e. The van der Waals surface area contributed by atoms with E-state index in [4.69, 9.17) is 33.3 Å². The van der Waals surface area contributed by atoms with E-state index in [1.807, 2.05) is 6.07 Å². The van der Waals surface area contributed by atoms with Crippen molar-refractivity contribution in [2.45, 2.75) is 13.0 Å². The van der Waals surface area contributed by atoms with E-state index < -0.39 is 11.0 Å². The van der Waals surface area contributed by atoms with Crippen LogP contribution in [0.15, 0.2) is 47.7 Å². The number of hydrogen-bond acceptors (Lipinski definition) is 6. The number of nitrogens with zero attached hydrogens (tertiary/aromatic N) is 3. The van der Waals surface area contributed by atoms with Crippen LogP contribution in [-0.4, -0.2) is 48.2 Å². The first-order valence-corrected chi connectivity index (χ1v) is 10.8. The second kappa shape index (κ2) is 8.87. The minimum atomic E-state index is -0.697. The lowest BCUT2D eigenvalue weighted by Crippen LogP contribution is -2.49. The molecule has 11 heteroatoms. The maximum Gasteiger partial charge on any atom is 0.288 e. The van der Waals surface area contributed by atoms with E-state index in [9.17, 15) is 14.9 Å². The highest BCUT2D eigenvalue weighted by molar-refractivity contribution is 7.80. The quantitative estimate of drug-likeness (QED) is 0.394. The zero-order chi connectivity index (χ0) is 23.9. The predicted octanol–water partition coefficient (Wildman–Crippen LogP) is 3.82. The van der Waals surface area contributed by atoms with Crippen LogP contribution in [0.3, 0.4) is 0 Å². The molecule has 172 valence electrons. The second-order valence-corrected chi connectivity index (χ2v) is 8.51. The molecule has 1 unspecified atom stereocenters. The van der Waals surface area contributed by atoms with Crippen LogP contribution in [0.4, 0.5) is 11.4 Å². The standard InChI is InChI=1S/C22H21ClN4O5S/c1-12-19(21(28)25(2)3)20(13-4-6-15(23)16(10-13)27(29)30)24-22(33)26(12)14-5-7-17-18(11-14)32-9-8-31-17/h4-7,10-11,20H,8-9H2,1-3H3,(H,24,33). The number of benzene rings is 2. The number of hydrogen-bond donors (Lipinski definition) is 1. The Morgan fingerprint density at radius 2 is 1.91 bits per heavy atom. The molecule has 0 bridgehead atoms. The van der Waals surface area contributed by atoms with Crippen molar-refractivity contribution in [2.75, 3.05) is 32.2 Å². The van der Waals surface area contributed by atoms with E-state index in [0.717, 1.165) is 0 Å². The Balaban J connectivity index is 1.84. The predicted molar refractivity (Wildman–Crippen MR) is 128 cm³/mol. The Morgan fingerprint density at radius 1 is 1.21 bits per heavy atom. The Morgan fingerprint density at radius 3 is 2.58 bits per heavy atom. The van der Waals surface area contributed by atoms with Gasteiger partial charge in [-0.05, 0) is 42.9 Å². The van der Waals surface area contributed by atoms with Crippen LogP contribution in [0, 0.1) is 10.1 Å². The molecule has 0 radical (unpaired) electrons. The summed E-state index contributed by atoms with van der Waals surface area (Å²) in [6.07, 6.45) is 0. The van der Waals surface area contributed by atoms with Gasteiger partial charge in [-0.3, -0.25) is 19.8 Å². The van der Waals surface area contributed by atoms with E-state index in [0.29, 0.717) is 52.3 Å². The minimum Gasteiger partial charge on any atom is -0.486 e.